The van der Waals surface area contributed by atoms with Crippen molar-refractivity contribution in [3.63, 3.8) is 0 Å². The van der Waals surface area contributed by atoms with E-state index in [1.54, 1.807) is 7.11 Å². The van der Waals surface area contributed by atoms with Crippen LogP contribution in [0.25, 0.3) is 0 Å². The fourth-order valence-electron chi connectivity index (χ4n) is 6.40. The molecule has 5 rings (SSSR count). The van der Waals surface area contributed by atoms with E-state index in [0.29, 0.717) is 32.5 Å². The van der Waals surface area contributed by atoms with Gasteiger partial charge in [-0.25, -0.2) is 4.79 Å². The minimum atomic E-state index is -0.676. The zero-order valence-electron chi connectivity index (χ0n) is 20.8. The van der Waals surface area contributed by atoms with Gasteiger partial charge in [0.2, 0.25) is 5.91 Å². The highest BCUT2D eigenvalue weighted by Crippen LogP contribution is 2.52. The highest BCUT2D eigenvalue weighted by molar-refractivity contribution is 5.79. The quantitative estimate of drug-likeness (QED) is 0.601. The lowest BCUT2D eigenvalue weighted by molar-refractivity contribution is -0.143. The Hall–Kier alpha value is -2.86. The average molecular weight is 477 g/mol. The van der Waals surface area contributed by atoms with Crippen molar-refractivity contribution >= 4 is 12.0 Å². The molecule has 2 amide bonds. The van der Waals surface area contributed by atoms with Gasteiger partial charge in [0.25, 0.3) is 0 Å². The van der Waals surface area contributed by atoms with E-state index < -0.39 is 11.1 Å². The SMILES string of the molecule is COC1CCC(C(=O)N2CCC3(CC2)OC(=O)N(Cc2ccccc2)C3(C)c2ccccc2)CC1. The number of ether oxygens (including phenoxy) is 2. The maximum atomic E-state index is 13.4. The molecule has 1 spiro atoms. The number of carbonyl (C=O) groups excluding carboxylic acids is 2. The Kier molecular flexibility index (Phi) is 6.58. The summed E-state index contributed by atoms with van der Waals surface area (Å²) in [5, 5.41) is 0. The topological polar surface area (TPSA) is 59.1 Å². The highest BCUT2D eigenvalue weighted by atomic mass is 16.6. The number of carbonyl (C=O) groups is 2. The lowest BCUT2D eigenvalue weighted by Gasteiger charge is -2.48. The minimum absolute atomic E-state index is 0.0802. The van der Waals surface area contributed by atoms with Crippen molar-refractivity contribution in [2.24, 2.45) is 5.92 Å². The van der Waals surface area contributed by atoms with Crippen LogP contribution in [0.15, 0.2) is 60.7 Å². The number of methoxy groups -OCH3 is 1. The second kappa shape index (κ2) is 9.65. The van der Waals surface area contributed by atoms with Crippen molar-refractivity contribution in [2.45, 2.75) is 69.2 Å². The van der Waals surface area contributed by atoms with Gasteiger partial charge >= 0.3 is 6.09 Å². The van der Waals surface area contributed by atoms with Gasteiger partial charge in [-0.15, -0.1) is 0 Å². The van der Waals surface area contributed by atoms with Crippen LogP contribution < -0.4 is 0 Å². The Labute approximate surface area is 208 Å². The molecule has 6 heteroatoms. The predicted molar refractivity (Wildman–Crippen MR) is 134 cm³/mol. The molecule has 3 fully saturated rings. The van der Waals surface area contributed by atoms with Crippen LogP contribution in [0.5, 0.6) is 0 Å². The number of piperidine rings is 1. The molecule has 2 saturated heterocycles. The molecule has 1 unspecified atom stereocenters. The van der Waals surface area contributed by atoms with Gasteiger partial charge in [-0.1, -0.05) is 60.7 Å². The van der Waals surface area contributed by atoms with Crippen LogP contribution in [-0.2, 0) is 26.4 Å². The van der Waals surface area contributed by atoms with Gasteiger partial charge < -0.3 is 14.4 Å². The third-order valence-corrected chi connectivity index (χ3v) is 8.69. The first-order chi connectivity index (χ1) is 17.0. The Morgan fingerprint density at radius 3 is 2.17 bits per heavy atom. The monoisotopic (exact) mass is 476 g/mol. The summed E-state index contributed by atoms with van der Waals surface area (Å²) in [5.74, 6) is 0.331. The summed E-state index contributed by atoms with van der Waals surface area (Å²) in [5.41, 5.74) is 0.833. The Bertz CT molecular complexity index is 1030. The van der Waals surface area contributed by atoms with Gasteiger partial charge in [0.05, 0.1) is 12.6 Å². The third kappa shape index (κ3) is 4.22. The highest BCUT2D eigenvalue weighted by Gasteiger charge is 2.63. The van der Waals surface area contributed by atoms with E-state index in [1.165, 1.54) is 0 Å². The van der Waals surface area contributed by atoms with Crippen LogP contribution in [0, 0.1) is 5.92 Å². The van der Waals surface area contributed by atoms with Gasteiger partial charge in [0, 0.05) is 39.0 Å². The normalized spacial score (nSPS) is 28.2. The molecule has 0 radical (unpaired) electrons. The second-order valence-electron chi connectivity index (χ2n) is 10.4. The maximum absolute atomic E-state index is 13.4. The number of likely N-dealkylation sites (tertiary alicyclic amines) is 1. The van der Waals surface area contributed by atoms with Crippen molar-refractivity contribution in [1.29, 1.82) is 0 Å². The largest absolute Gasteiger partial charge is 0.440 e. The van der Waals surface area contributed by atoms with Gasteiger partial charge in [0.1, 0.15) is 11.1 Å². The smallest absolute Gasteiger partial charge is 0.411 e. The standard InChI is InChI=1S/C29H36N2O4/c1-28(24-11-7-4-8-12-24)29(35-27(33)31(28)21-22-9-5-3-6-10-22)17-19-30(20-18-29)26(32)23-13-15-25(34-2)16-14-23/h3-12,23,25H,13-21H2,1-2H3. The van der Waals surface area contributed by atoms with Crippen molar-refractivity contribution in [1.82, 2.24) is 9.80 Å². The summed E-state index contributed by atoms with van der Waals surface area (Å²) in [6.45, 7) is 3.84. The first-order valence-electron chi connectivity index (χ1n) is 12.9. The average Bonchev–Trinajstić information content (AvgIpc) is 3.11. The molecule has 35 heavy (non-hydrogen) atoms. The third-order valence-electron chi connectivity index (χ3n) is 8.69. The zero-order chi connectivity index (χ0) is 24.5. The van der Waals surface area contributed by atoms with E-state index in [-0.39, 0.29) is 24.0 Å². The number of hydrogen-bond donors (Lipinski definition) is 0. The summed E-state index contributed by atoms with van der Waals surface area (Å²) in [4.78, 5) is 30.6. The number of amides is 2. The van der Waals surface area contributed by atoms with E-state index in [4.69, 9.17) is 9.47 Å². The molecule has 0 N–H and O–H groups in total. The molecular formula is C29H36N2O4. The molecule has 2 heterocycles. The molecule has 1 aliphatic carbocycles. The Balaban J connectivity index is 1.37. The van der Waals surface area contributed by atoms with E-state index in [0.717, 1.165) is 36.8 Å². The first-order valence-corrected chi connectivity index (χ1v) is 12.9. The van der Waals surface area contributed by atoms with E-state index in [2.05, 4.69) is 19.1 Å². The van der Waals surface area contributed by atoms with Crippen molar-refractivity contribution < 1.29 is 19.1 Å². The predicted octanol–water partition coefficient (Wildman–Crippen LogP) is 5.12. The van der Waals surface area contributed by atoms with E-state index in [9.17, 15) is 9.59 Å². The number of rotatable bonds is 5. The molecule has 2 aliphatic heterocycles. The van der Waals surface area contributed by atoms with Crippen LogP contribution in [-0.4, -0.2) is 53.7 Å². The fraction of sp³-hybridized carbons (Fsp3) is 0.517. The molecule has 3 aliphatic rings. The number of nitrogens with zero attached hydrogens (tertiary/aromatic N) is 2. The molecule has 2 aromatic carbocycles. The molecule has 0 bridgehead atoms. The van der Waals surface area contributed by atoms with Crippen LogP contribution in [0.1, 0.15) is 56.6 Å². The van der Waals surface area contributed by atoms with Gasteiger partial charge in [-0.05, 0) is 43.7 Å². The molecule has 0 aromatic heterocycles. The van der Waals surface area contributed by atoms with Crippen molar-refractivity contribution in [3.05, 3.63) is 71.8 Å². The minimum Gasteiger partial charge on any atom is -0.440 e. The van der Waals surface area contributed by atoms with Crippen LogP contribution in [0.3, 0.4) is 0 Å². The van der Waals surface area contributed by atoms with Crippen LogP contribution >= 0.6 is 0 Å². The molecule has 1 saturated carbocycles. The zero-order valence-corrected chi connectivity index (χ0v) is 20.8. The fourth-order valence-corrected chi connectivity index (χ4v) is 6.40. The lowest BCUT2D eigenvalue weighted by Crippen LogP contribution is -2.59. The van der Waals surface area contributed by atoms with Gasteiger partial charge in [0.15, 0.2) is 0 Å². The van der Waals surface area contributed by atoms with Crippen molar-refractivity contribution in [2.75, 3.05) is 20.2 Å². The summed E-state index contributed by atoms with van der Waals surface area (Å²) in [7, 11) is 1.75. The Morgan fingerprint density at radius 2 is 1.57 bits per heavy atom. The summed E-state index contributed by atoms with van der Waals surface area (Å²) in [6, 6.07) is 20.3. The maximum Gasteiger partial charge on any atom is 0.411 e. The number of benzene rings is 2. The van der Waals surface area contributed by atoms with Crippen molar-refractivity contribution in [3.8, 4) is 0 Å². The first kappa shape index (κ1) is 23.9. The lowest BCUT2D eigenvalue weighted by atomic mass is 9.70. The molecule has 1 atom stereocenters. The van der Waals surface area contributed by atoms with Gasteiger partial charge in [-0.3, -0.25) is 9.69 Å². The summed E-state index contributed by atoms with van der Waals surface area (Å²) < 4.78 is 11.8. The molecule has 186 valence electrons. The second-order valence-corrected chi connectivity index (χ2v) is 10.4. The van der Waals surface area contributed by atoms with Gasteiger partial charge in [-0.2, -0.15) is 0 Å². The number of hydrogen-bond acceptors (Lipinski definition) is 4. The summed E-state index contributed by atoms with van der Waals surface area (Å²) in [6.07, 6.45) is 4.94. The molecular weight excluding hydrogens is 440 g/mol. The molecule has 6 nitrogen and oxygen atoms in total. The van der Waals surface area contributed by atoms with E-state index in [1.807, 2.05) is 58.3 Å². The van der Waals surface area contributed by atoms with Crippen LogP contribution in [0.2, 0.25) is 0 Å². The van der Waals surface area contributed by atoms with Crippen LogP contribution in [0.4, 0.5) is 4.79 Å². The van der Waals surface area contributed by atoms with E-state index >= 15 is 0 Å². The molecule has 2 aromatic rings. The summed E-state index contributed by atoms with van der Waals surface area (Å²) >= 11 is 0. The Morgan fingerprint density at radius 1 is 0.971 bits per heavy atom.